The minimum atomic E-state index is -3.77. The van der Waals surface area contributed by atoms with Crippen LogP contribution in [0, 0.1) is 18.8 Å². The Morgan fingerprint density at radius 1 is 0.969 bits per heavy atom. The molecule has 0 spiro atoms. The molecular weight excluding hydrogens is 424 g/mol. The van der Waals surface area contributed by atoms with E-state index in [0.717, 1.165) is 30.5 Å². The molecule has 4 rings (SSSR count). The van der Waals surface area contributed by atoms with Gasteiger partial charge >= 0.3 is 0 Å². The van der Waals surface area contributed by atoms with Crippen molar-refractivity contribution in [2.45, 2.75) is 37.0 Å². The Hall–Kier alpha value is -2.80. The molecule has 1 aliphatic rings. The largest absolute Gasteiger partial charge is 0.493 e. The highest BCUT2D eigenvalue weighted by Gasteiger charge is 2.31. The van der Waals surface area contributed by atoms with E-state index in [1.54, 1.807) is 32.4 Å². The molecule has 2 atom stereocenters. The van der Waals surface area contributed by atoms with Gasteiger partial charge in [0.15, 0.2) is 11.5 Å². The van der Waals surface area contributed by atoms with Crippen LogP contribution < -0.4 is 14.4 Å². The van der Waals surface area contributed by atoms with Gasteiger partial charge in [-0.3, -0.25) is 4.98 Å². The first-order valence-electron chi connectivity index (χ1n) is 10.9. The third-order valence-electron chi connectivity index (χ3n) is 6.12. The third kappa shape index (κ3) is 4.01. The number of nitrogens with zero attached hydrogens (tertiary/aromatic N) is 2. The SMILES string of the molecule is COc1cc2ncc(S(=O)(=O)c3ccc(C)cc3)c(N3C[C@H](C)C[C@@H](C)C3)c2cc1OC. The van der Waals surface area contributed by atoms with Crippen LogP contribution in [0.3, 0.4) is 0 Å². The molecule has 2 aromatic carbocycles. The summed E-state index contributed by atoms with van der Waals surface area (Å²) in [5.41, 5.74) is 2.37. The Bertz CT molecular complexity index is 1230. The zero-order chi connectivity index (χ0) is 23.0. The van der Waals surface area contributed by atoms with E-state index >= 15 is 0 Å². The summed E-state index contributed by atoms with van der Waals surface area (Å²) < 4.78 is 38.5. The first kappa shape index (κ1) is 22.4. The number of hydrogen-bond acceptors (Lipinski definition) is 6. The van der Waals surface area contributed by atoms with Crippen molar-refractivity contribution < 1.29 is 17.9 Å². The Morgan fingerprint density at radius 3 is 2.16 bits per heavy atom. The highest BCUT2D eigenvalue weighted by molar-refractivity contribution is 7.91. The molecule has 3 aromatic rings. The molecule has 0 aliphatic carbocycles. The lowest BCUT2D eigenvalue weighted by Gasteiger charge is -2.38. The summed E-state index contributed by atoms with van der Waals surface area (Å²) in [4.78, 5) is 7.22. The number of ether oxygens (including phenoxy) is 2. The van der Waals surface area contributed by atoms with Crippen LogP contribution in [-0.4, -0.2) is 40.7 Å². The number of aromatic nitrogens is 1. The van der Waals surface area contributed by atoms with Crippen molar-refractivity contribution in [1.82, 2.24) is 4.98 Å². The topological polar surface area (TPSA) is 68.7 Å². The number of anilines is 1. The van der Waals surface area contributed by atoms with Gasteiger partial charge in [-0.2, -0.15) is 0 Å². The highest BCUT2D eigenvalue weighted by Crippen LogP contribution is 2.42. The van der Waals surface area contributed by atoms with Crippen LogP contribution in [0.5, 0.6) is 11.5 Å². The second-order valence-corrected chi connectivity index (χ2v) is 10.8. The Labute approximate surface area is 190 Å². The van der Waals surface area contributed by atoms with Crippen molar-refractivity contribution in [1.29, 1.82) is 0 Å². The number of rotatable bonds is 5. The predicted molar refractivity (Wildman–Crippen MR) is 127 cm³/mol. The summed E-state index contributed by atoms with van der Waals surface area (Å²) in [6.45, 7) is 7.94. The molecule has 0 amide bonds. The summed E-state index contributed by atoms with van der Waals surface area (Å²) >= 11 is 0. The second-order valence-electron chi connectivity index (χ2n) is 8.86. The predicted octanol–water partition coefficient (Wildman–Crippen LogP) is 4.88. The molecule has 0 unspecified atom stereocenters. The van der Waals surface area contributed by atoms with E-state index in [1.165, 1.54) is 6.20 Å². The Balaban J connectivity index is 2.01. The maximum atomic E-state index is 13.8. The molecule has 1 aromatic heterocycles. The molecular formula is C25H30N2O4S. The van der Waals surface area contributed by atoms with Gasteiger partial charge in [0.05, 0.1) is 30.3 Å². The minimum absolute atomic E-state index is 0.224. The molecule has 6 nitrogen and oxygen atoms in total. The van der Waals surface area contributed by atoms with Gasteiger partial charge < -0.3 is 14.4 Å². The number of piperidine rings is 1. The molecule has 0 bridgehead atoms. The summed E-state index contributed by atoms with van der Waals surface area (Å²) in [5, 5.41) is 0.747. The number of methoxy groups -OCH3 is 2. The van der Waals surface area contributed by atoms with E-state index in [1.807, 2.05) is 25.1 Å². The molecule has 1 saturated heterocycles. The van der Waals surface area contributed by atoms with Crippen LogP contribution in [0.4, 0.5) is 5.69 Å². The molecule has 1 fully saturated rings. The molecule has 7 heteroatoms. The summed E-state index contributed by atoms with van der Waals surface area (Å²) in [6.07, 6.45) is 2.61. The zero-order valence-corrected chi connectivity index (χ0v) is 20.1. The van der Waals surface area contributed by atoms with Gasteiger partial charge in [-0.05, 0) is 43.4 Å². The second kappa shape index (κ2) is 8.62. The molecule has 32 heavy (non-hydrogen) atoms. The number of aryl methyl sites for hydroxylation is 1. The average Bonchev–Trinajstić information content (AvgIpc) is 2.76. The van der Waals surface area contributed by atoms with Crippen molar-refractivity contribution in [3.05, 3.63) is 48.2 Å². The monoisotopic (exact) mass is 454 g/mol. The average molecular weight is 455 g/mol. The van der Waals surface area contributed by atoms with Crippen molar-refractivity contribution >= 4 is 26.4 Å². The summed E-state index contributed by atoms with van der Waals surface area (Å²) in [6, 6.07) is 10.6. The maximum Gasteiger partial charge on any atom is 0.210 e. The number of sulfone groups is 1. The minimum Gasteiger partial charge on any atom is -0.493 e. The fraction of sp³-hybridized carbons (Fsp3) is 0.400. The maximum absolute atomic E-state index is 13.8. The fourth-order valence-corrected chi connectivity index (χ4v) is 6.13. The van der Waals surface area contributed by atoms with E-state index in [2.05, 4.69) is 23.7 Å². The third-order valence-corrected chi connectivity index (χ3v) is 7.89. The van der Waals surface area contributed by atoms with Crippen LogP contribution in [0.1, 0.15) is 25.8 Å². The van der Waals surface area contributed by atoms with Gasteiger partial charge in [-0.15, -0.1) is 0 Å². The van der Waals surface area contributed by atoms with Crippen LogP contribution in [-0.2, 0) is 9.84 Å². The summed E-state index contributed by atoms with van der Waals surface area (Å²) in [5.74, 6) is 2.02. The standard InChI is InChI=1S/C25H30N2O4S/c1-16-6-8-19(9-7-16)32(28,29)24-13-26-21-12-23(31-5)22(30-4)11-20(21)25(24)27-14-17(2)10-18(3)15-27/h6-9,11-13,17-18H,10,14-15H2,1-5H3/t17-,18-/m1/s1. The van der Waals surface area contributed by atoms with Crippen LogP contribution in [0.25, 0.3) is 10.9 Å². The lowest BCUT2D eigenvalue weighted by Crippen LogP contribution is -2.39. The van der Waals surface area contributed by atoms with Crippen molar-refractivity contribution in [2.24, 2.45) is 11.8 Å². The van der Waals surface area contributed by atoms with Gasteiger partial charge in [-0.25, -0.2) is 8.42 Å². The van der Waals surface area contributed by atoms with Gasteiger partial charge in [0.1, 0.15) is 4.90 Å². The lowest BCUT2D eigenvalue weighted by atomic mass is 9.91. The molecule has 0 N–H and O–H groups in total. The Morgan fingerprint density at radius 2 is 1.56 bits per heavy atom. The number of fused-ring (bicyclic) bond motifs is 1. The van der Waals surface area contributed by atoms with Gasteiger partial charge in [0.25, 0.3) is 0 Å². The first-order chi connectivity index (χ1) is 15.2. The van der Waals surface area contributed by atoms with E-state index in [9.17, 15) is 8.42 Å². The normalized spacial score (nSPS) is 19.2. The lowest BCUT2D eigenvalue weighted by molar-refractivity contribution is 0.354. The van der Waals surface area contributed by atoms with Crippen molar-refractivity contribution in [2.75, 3.05) is 32.2 Å². The van der Waals surface area contributed by atoms with Crippen LogP contribution in [0.15, 0.2) is 52.4 Å². The first-order valence-corrected chi connectivity index (χ1v) is 12.3. The highest BCUT2D eigenvalue weighted by atomic mass is 32.2. The van der Waals surface area contributed by atoms with E-state index < -0.39 is 9.84 Å². The number of pyridine rings is 1. The van der Waals surface area contributed by atoms with Gasteiger partial charge in [0.2, 0.25) is 9.84 Å². The molecule has 2 heterocycles. The molecule has 170 valence electrons. The van der Waals surface area contributed by atoms with E-state index in [4.69, 9.17) is 9.47 Å². The Kier molecular flexibility index (Phi) is 6.03. The van der Waals surface area contributed by atoms with Gasteiger partial charge in [0, 0.05) is 30.7 Å². The van der Waals surface area contributed by atoms with Crippen LogP contribution >= 0.6 is 0 Å². The van der Waals surface area contributed by atoms with Crippen molar-refractivity contribution in [3.63, 3.8) is 0 Å². The van der Waals surface area contributed by atoms with Gasteiger partial charge in [-0.1, -0.05) is 31.5 Å². The molecule has 1 aliphatic heterocycles. The quantitative estimate of drug-likeness (QED) is 0.548. The van der Waals surface area contributed by atoms with Crippen molar-refractivity contribution in [3.8, 4) is 11.5 Å². The smallest absolute Gasteiger partial charge is 0.210 e. The molecule has 0 radical (unpaired) electrons. The molecule has 0 saturated carbocycles. The summed E-state index contributed by atoms with van der Waals surface area (Å²) in [7, 11) is -0.617. The van der Waals surface area contributed by atoms with E-state index in [-0.39, 0.29) is 9.79 Å². The fourth-order valence-electron chi connectivity index (χ4n) is 4.70. The number of hydrogen-bond donors (Lipinski definition) is 0. The van der Waals surface area contributed by atoms with Crippen LogP contribution in [0.2, 0.25) is 0 Å². The zero-order valence-electron chi connectivity index (χ0n) is 19.3. The van der Waals surface area contributed by atoms with E-state index in [0.29, 0.717) is 34.5 Å². The number of benzene rings is 2.